The predicted octanol–water partition coefficient (Wildman–Crippen LogP) is 7.47. The Morgan fingerprint density at radius 1 is 1.02 bits per heavy atom. The lowest BCUT2D eigenvalue weighted by Gasteiger charge is -2.37. The summed E-state index contributed by atoms with van der Waals surface area (Å²) in [4.78, 5) is 40.8. The van der Waals surface area contributed by atoms with Crippen molar-refractivity contribution in [2.75, 3.05) is 55.8 Å². The Hall–Kier alpha value is -4.56. The lowest BCUT2D eigenvalue weighted by molar-refractivity contribution is -0.112. The van der Waals surface area contributed by atoms with E-state index in [-0.39, 0.29) is 40.3 Å². The van der Waals surface area contributed by atoms with E-state index in [1.54, 1.807) is 11.0 Å². The zero-order valence-corrected chi connectivity index (χ0v) is 35.1. The molecule has 12 nitrogen and oxygen atoms in total. The van der Waals surface area contributed by atoms with E-state index in [2.05, 4.69) is 50.5 Å². The Bertz CT molecular complexity index is 2060. The summed E-state index contributed by atoms with van der Waals surface area (Å²) in [6, 6.07) is 15.1. The maximum absolute atomic E-state index is 13.1. The van der Waals surface area contributed by atoms with Crippen molar-refractivity contribution in [2.45, 2.75) is 87.5 Å². The minimum absolute atomic E-state index is 0.00979. The number of phenolic OH excluding ortho intramolecular Hbond substituents is 2. The number of rotatable bonds is 10. The Morgan fingerprint density at radius 3 is 2.40 bits per heavy atom. The van der Waals surface area contributed by atoms with Gasteiger partial charge in [-0.1, -0.05) is 61.5 Å². The van der Waals surface area contributed by atoms with Crippen molar-refractivity contribution >= 4 is 52.9 Å². The number of hydrogen-bond donors (Lipinski definition) is 5. The lowest BCUT2D eigenvalue weighted by Crippen LogP contribution is -2.48. The van der Waals surface area contributed by atoms with Crippen LogP contribution in [0.25, 0.3) is 0 Å². The highest BCUT2D eigenvalue weighted by Crippen LogP contribution is 2.39. The van der Waals surface area contributed by atoms with Crippen molar-refractivity contribution in [1.82, 2.24) is 19.8 Å². The monoisotopic (exact) mass is 814 g/mol. The molecule has 0 aliphatic carbocycles. The number of hydrogen-bond acceptors (Lipinski definition) is 12. The van der Waals surface area contributed by atoms with Gasteiger partial charge in [0.2, 0.25) is 0 Å². The molecule has 0 bridgehead atoms. The first-order valence-corrected chi connectivity index (χ1v) is 20.8. The molecule has 7 rings (SSSR count). The maximum atomic E-state index is 13.1. The summed E-state index contributed by atoms with van der Waals surface area (Å²) >= 11 is 7.97. The standard InChI is InChI=1S/C25H30N2O4.C18H25ClN6S/c1-16(2)21-10-22(24(30)11-23(21)29)25(31)27-13-19-4-3-18(9-20(19)14-27)12-26-7-5-17(15-28)6-8-26;1-18(20)7-9-25(10-8-18)14-11-23-17(16(22-3)24-14)26-13-6-4-5-12(21-2)15(13)19/h3-4,9-11,15-17,29-30H,5-8,12-14H2,1-2H3;4-6,11,21H,7-10,20H2,1-3H3,(H,22,24). The number of aromatic nitrogens is 2. The van der Waals surface area contributed by atoms with Gasteiger partial charge in [0.25, 0.3) is 5.91 Å². The summed E-state index contributed by atoms with van der Waals surface area (Å²) in [7, 11) is 3.71. The number of likely N-dealkylation sites (tertiary alicyclic amines) is 1. The number of aromatic hydroxyl groups is 2. The second-order valence-electron chi connectivity index (χ2n) is 15.8. The van der Waals surface area contributed by atoms with Gasteiger partial charge >= 0.3 is 0 Å². The number of amides is 1. The first kappa shape index (κ1) is 42.1. The molecule has 4 heterocycles. The summed E-state index contributed by atoms with van der Waals surface area (Å²) < 4.78 is 0. The minimum atomic E-state index is -0.229. The van der Waals surface area contributed by atoms with Crippen LogP contribution in [0.15, 0.2) is 64.6 Å². The average Bonchev–Trinajstić information content (AvgIpc) is 3.63. The molecule has 3 aliphatic rings. The molecule has 2 saturated heterocycles. The van der Waals surface area contributed by atoms with Gasteiger partial charge in [-0.15, -0.1) is 0 Å². The highest BCUT2D eigenvalue weighted by atomic mass is 35.5. The van der Waals surface area contributed by atoms with Crippen molar-refractivity contribution in [3.8, 4) is 11.5 Å². The largest absolute Gasteiger partial charge is 0.508 e. The average molecular weight is 815 g/mol. The molecule has 6 N–H and O–H groups in total. The topological polar surface area (TPSA) is 160 Å². The van der Waals surface area contributed by atoms with Crippen molar-refractivity contribution in [2.24, 2.45) is 11.7 Å². The van der Waals surface area contributed by atoms with E-state index in [4.69, 9.17) is 22.3 Å². The van der Waals surface area contributed by atoms with Gasteiger partial charge in [-0.25, -0.2) is 9.97 Å². The molecule has 3 aliphatic heterocycles. The van der Waals surface area contributed by atoms with E-state index in [9.17, 15) is 19.8 Å². The van der Waals surface area contributed by atoms with Gasteiger partial charge in [0.1, 0.15) is 28.6 Å². The lowest BCUT2D eigenvalue weighted by atomic mass is 9.91. The van der Waals surface area contributed by atoms with Gasteiger partial charge in [-0.3, -0.25) is 9.69 Å². The van der Waals surface area contributed by atoms with E-state index in [1.807, 2.05) is 52.3 Å². The number of piperidine rings is 2. The van der Waals surface area contributed by atoms with Crippen LogP contribution in [-0.2, 0) is 24.4 Å². The second-order valence-corrected chi connectivity index (χ2v) is 17.2. The zero-order chi connectivity index (χ0) is 40.9. The van der Waals surface area contributed by atoms with Gasteiger partial charge in [0.15, 0.2) is 5.82 Å². The Labute approximate surface area is 345 Å². The SMILES string of the molecule is CC(C)c1cc(C(=O)N2Cc3ccc(CN4CCC(C=O)CC4)cc3C2)c(O)cc1O.CNc1cccc(Sc2ncc(N3CCC(C)(N)CC3)nc2NC)c1Cl. The summed E-state index contributed by atoms with van der Waals surface area (Å²) in [6.07, 6.45) is 6.65. The maximum Gasteiger partial charge on any atom is 0.258 e. The molecule has 0 radical (unpaired) electrons. The number of anilines is 3. The minimum Gasteiger partial charge on any atom is -0.508 e. The highest BCUT2D eigenvalue weighted by molar-refractivity contribution is 7.99. The van der Waals surface area contributed by atoms with Crippen LogP contribution in [0.5, 0.6) is 11.5 Å². The smallest absolute Gasteiger partial charge is 0.258 e. The molecule has 0 atom stereocenters. The van der Waals surface area contributed by atoms with Crippen molar-refractivity contribution in [3.05, 3.63) is 87.6 Å². The third-order valence-electron chi connectivity index (χ3n) is 11.1. The first-order valence-electron chi connectivity index (χ1n) is 19.6. The van der Waals surface area contributed by atoms with E-state index in [0.29, 0.717) is 23.7 Å². The van der Waals surface area contributed by atoms with Crippen LogP contribution >= 0.6 is 23.4 Å². The molecule has 57 heavy (non-hydrogen) atoms. The fraction of sp³-hybridized carbons (Fsp3) is 0.442. The van der Waals surface area contributed by atoms with Crippen molar-refractivity contribution < 1.29 is 19.8 Å². The number of nitrogens with zero attached hydrogens (tertiary/aromatic N) is 5. The van der Waals surface area contributed by atoms with Crippen molar-refractivity contribution in [1.29, 1.82) is 0 Å². The predicted molar refractivity (Wildman–Crippen MR) is 229 cm³/mol. The van der Waals surface area contributed by atoms with Gasteiger partial charge in [-0.2, -0.15) is 0 Å². The third kappa shape index (κ3) is 10.1. The fourth-order valence-electron chi connectivity index (χ4n) is 7.49. The molecule has 0 spiro atoms. The molecule has 3 aromatic carbocycles. The number of carbonyl (C=O) groups excluding carboxylic acids is 2. The summed E-state index contributed by atoms with van der Waals surface area (Å²) in [5.41, 5.74) is 11.4. The first-order chi connectivity index (χ1) is 27.3. The van der Waals surface area contributed by atoms with Crippen LogP contribution in [0.4, 0.5) is 17.3 Å². The summed E-state index contributed by atoms with van der Waals surface area (Å²) in [6.45, 7) is 11.5. The molecule has 1 amide bonds. The number of phenols is 2. The summed E-state index contributed by atoms with van der Waals surface area (Å²) in [5, 5.41) is 28.1. The second kappa shape index (κ2) is 18.4. The molecule has 14 heteroatoms. The quantitative estimate of drug-likeness (QED) is 0.101. The molecule has 0 saturated carbocycles. The molecular weight excluding hydrogens is 760 g/mol. The third-order valence-corrected chi connectivity index (χ3v) is 12.7. The fourth-order valence-corrected chi connectivity index (χ4v) is 8.73. The van der Waals surface area contributed by atoms with Gasteiger partial charge in [0, 0.05) is 69.2 Å². The highest BCUT2D eigenvalue weighted by Gasteiger charge is 2.29. The Kier molecular flexibility index (Phi) is 13.5. The van der Waals surface area contributed by atoms with Crippen LogP contribution < -0.4 is 21.3 Å². The van der Waals surface area contributed by atoms with E-state index < -0.39 is 0 Å². The van der Waals surface area contributed by atoms with Crippen LogP contribution in [-0.4, -0.2) is 88.0 Å². The van der Waals surface area contributed by atoms with E-state index in [0.717, 1.165) is 103 Å². The number of fused-ring (bicyclic) bond motifs is 1. The number of nitrogens with two attached hydrogens (primary N) is 1. The molecule has 2 fully saturated rings. The molecule has 4 aromatic rings. The number of benzene rings is 3. The van der Waals surface area contributed by atoms with Crippen LogP contribution in [0, 0.1) is 5.92 Å². The number of halogens is 1. The van der Waals surface area contributed by atoms with E-state index >= 15 is 0 Å². The van der Waals surface area contributed by atoms with Gasteiger partial charge < -0.3 is 41.2 Å². The normalized spacial score (nSPS) is 16.8. The summed E-state index contributed by atoms with van der Waals surface area (Å²) in [5.74, 6) is 1.46. The van der Waals surface area contributed by atoms with Gasteiger partial charge in [0.05, 0.1) is 22.5 Å². The van der Waals surface area contributed by atoms with Crippen LogP contribution in [0.1, 0.15) is 85.0 Å². The number of aldehydes is 1. The number of nitrogens with one attached hydrogen (secondary N) is 2. The molecule has 0 unspecified atom stereocenters. The van der Waals surface area contributed by atoms with E-state index in [1.165, 1.54) is 23.4 Å². The number of carbonyl (C=O) groups is 2. The molecule has 304 valence electrons. The van der Waals surface area contributed by atoms with Crippen LogP contribution in [0.2, 0.25) is 5.02 Å². The Balaban J connectivity index is 0.000000196. The van der Waals surface area contributed by atoms with Crippen LogP contribution in [0.3, 0.4) is 0 Å². The van der Waals surface area contributed by atoms with Gasteiger partial charge in [-0.05, 0) is 92.1 Å². The molecular formula is C43H55ClN8O4S. The Morgan fingerprint density at radius 2 is 1.74 bits per heavy atom. The zero-order valence-electron chi connectivity index (χ0n) is 33.5. The van der Waals surface area contributed by atoms with Crippen molar-refractivity contribution in [3.63, 3.8) is 0 Å². The molecule has 1 aromatic heterocycles.